The summed E-state index contributed by atoms with van der Waals surface area (Å²) in [5.41, 5.74) is 4.03. The van der Waals surface area contributed by atoms with Crippen LogP contribution in [0, 0.1) is 13.8 Å². The Labute approximate surface area is 116 Å². The zero-order chi connectivity index (χ0) is 13.8. The predicted molar refractivity (Wildman–Crippen MR) is 80.2 cm³/mol. The molecule has 2 rings (SSSR count). The van der Waals surface area contributed by atoms with Crippen LogP contribution in [0.5, 0.6) is 5.75 Å². The van der Waals surface area contributed by atoms with E-state index in [1.165, 1.54) is 29.8 Å². The zero-order valence-corrected chi connectivity index (χ0v) is 12.6. The number of rotatable bonds is 4. The van der Waals surface area contributed by atoms with E-state index in [-0.39, 0.29) is 0 Å². The highest BCUT2D eigenvalue weighted by Crippen LogP contribution is 2.28. The van der Waals surface area contributed by atoms with E-state index in [0.717, 1.165) is 25.4 Å². The van der Waals surface area contributed by atoms with Gasteiger partial charge in [0, 0.05) is 32.7 Å². The molecule has 1 aromatic rings. The third-order valence-electron chi connectivity index (χ3n) is 4.06. The topological polar surface area (TPSA) is 24.5 Å². The summed E-state index contributed by atoms with van der Waals surface area (Å²) >= 11 is 0. The van der Waals surface area contributed by atoms with Gasteiger partial charge in [0.1, 0.15) is 5.75 Å². The SMILES string of the molecule is COc1cc(C)c(C(C)CN2CCNCC2)cc1C. The lowest BCUT2D eigenvalue weighted by atomic mass is 9.93. The van der Waals surface area contributed by atoms with Crippen molar-refractivity contribution >= 4 is 0 Å². The summed E-state index contributed by atoms with van der Waals surface area (Å²) in [7, 11) is 1.74. The van der Waals surface area contributed by atoms with Gasteiger partial charge in [-0.3, -0.25) is 0 Å². The number of hydrogen-bond donors (Lipinski definition) is 1. The molecule has 19 heavy (non-hydrogen) atoms. The smallest absolute Gasteiger partial charge is 0.122 e. The molecule has 0 bridgehead atoms. The van der Waals surface area contributed by atoms with Crippen molar-refractivity contribution in [3.8, 4) is 5.75 Å². The number of benzene rings is 1. The van der Waals surface area contributed by atoms with Crippen molar-refractivity contribution in [3.63, 3.8) is 0 Å². The van der Waals surface area contributed by atoms with Crippen molar-refractivity contribution in [2.45, 2.75) is 26.7 Å². The Kier molecular flexibility index (Phi) is 4.83. The van der Waals surface area contributed by atoms with Crippen LogP contribution in [0.15, 0.2) is 12.1 Å². The molecule has 0 spiro atoms. The maximum absolute atomic E-state index is 5.39. The Hall–Kier alpha value is -1.06. The fourth-order valence-corrected chi connectivity index (χ4v) is 2.94. The lowest BCUT2D eigenvalue weighted by molar-refractivity contribution is 0.230. The molecule has 1 aromatic carbocycles. The van der Waals surface area contributed by atoms with Crippen molar-refractivity contribution in [3.05, 3.63) is 28.8 Å². The third-order valence-corrected chi connectivity index (χ3v) is 4.06. The van der Waals surface area contributed by atoms with Crippen LogP contribution in [0.4, 0.5) is 0 Å². The van der Waals surface area contributed by atoms with Crippen LogP contribution in [-0.2, 0) is 0 Å². The molecule has 0 aliphatic carbocycles. The first-order chi connectivity index (χ1) is 9.11. The zero-order valence-electron chi connectivity index (χ0n) is 12.6. The fraction of sp³-hybridized carbons (Fsp3) is 0.625. The summed E-state index contributed by atoms with van der Waals surface area (Å²) < 4.78 is 5.39. The van der Waals surface area contributed by atoms with Gasteiger partial charge < -0.3 is 15.0 Å². The molecule has 0 radical (unpaired) electrons. The molecule has 1 aliphatic heterocycles. The van der Waals surface area contributed by atoms with Crippen molar-refractivity contribution in [2.24, 2.45) is 0 Å². The van der Waals surface area contributed by atoms with Gasteiger partial charge in [0.05, 0.1) is 7.11 Å². The van der Waals surface area contributed by atoms with Crippen LogP contribution >= 0.6 is 0 Å². The number of nitrogens with zero attached hydrogens (tertiary/aromatic N) is 1. The predicted octanol–water partition coefficient (Wildman–Crippen LogP) is 2.32. The average Bonchev–Trinajstić information content (AvgIpc) is 2.42. The van der Waals surface area contributed by atoms with Crippen LogP contribution in [0.25, 0.3) is 0 Å². The van der Waals surface area contributed by atoms with Gasteiger partial charge >= 0.3 is 0 Å². The summed E-state index contributed by atoms with van der Waals surface area (Å²) in [5, 5.41) is 3.41. The van der Waals surface area contributed by atoms with Crippen LogP contribution in [0.2, 0.25) is 0 Å². The summed E-state index contributed by atoms with van der Waals surface area (Å²) in [6, 6.07) is 4.46. The standard InChI is InChI=1S/C16H26N2O/c1-12-10-16(19-4)13(2)9-15(12)14(3)11-18-7-5-17-6-8-18/h9-10,14,17H,5-8,11H2,1-4H3. The van der Waals surface area contributed by atoms with E-state index in [9.17, 15) is 0 Å². The van der Waals surface area contributed by atoms with E-state index in [2.05, 4.69) is 43.1 Å². The highest BCUT2D eigenvalue weighted by molar-refractivity contribution is 5.43. The van der Waals surface area contributed by atoms with Gasteiger partial charge in [0.25, 0.3) is 0 Å². The molecular formula is C16H26N2O. The number of aryl methyl sites for hydroxylation is 2. The van der Waals surface area contributed by atoms with Gasteiger partial charge in [-0.05, 0) is 42.5 Å². The fourth-order valence-electron chi connectivity index (χ4n) is 2.94. The molecule has 1 atom stereocenters. The molecule has 0 aromatic heterocycles. The van der Waals surface area contributed by atoms with Gasteiger partial charge in [-0.2, -0.15) is 0 Å². The highest BCUT2D eigenvalue weighted by atomic mass is 16.5. The van der Waals surface area contributed by atoms with Crippen LogP contribution in [0.1, 0.15) is 29.5 Å². The third kappa shape index (κ3) is 3.48. The number of ether oxygens (including phenoxy) is 1. The largest absolute Gasteiger partial charge is 0.496 e. The minimum Gasteiger partial charge on any atom is -0.496 e. The molecular weight excluding hydrogens is 236 g/mol. The second kappa shape index (κ2) is 6.40. The first kappa shape index (κ1) is 14.4. The quantitative estimate of drug-likeness (QED) is 0.901. The Balaban J connectivity index is 2.09. The normalized spacial score (nSPS) is 18.3. The Morgan fingerprint density at radius 3 is 2.53 bits per heavy atom. The average molecular weight is 262 g/mol. The van der Waals surface area contributed by atoms with Crippen LogP contribution < -0.4 is 10.1 Å². The molecule has 3 heteroatoms. The minimum absolute atomic E-state index is 0.572. The number of methoxy groups -OCH3 is 1. The Bertz CT molecular complexity index is 425. The van der Waals surface area contributed by atoms with Crippen molar-refractivity contribution < 1.29 is 4.74 Å². The highest BCUT2D eigenvalue weighted by Gasteiger charge is 2.16. The molecule has 0 saturated carbocycles. The van der Waals surface area contributed by atoms with Crippen molar-refractivity contribution in [2.75, 3.05) is 39.8 Å². The summed E-state index contributed by atoms with van der Waals surface area (Å²) in [6.45, 7) is 12.4. The molecule has 1 unspecified atom stereocenters. The molecule has 1 fully saturated rings. The van der Waals surface area contributed by atoms with E-state index in [4.69, 9.17) is 4.74 Å². The molecule has 3 nitrogen and oxygen atoms in total. The number of hydrogen-bond acceptors (Lipinski definition) is 3. The van der Waals surface area contributed by atoms with Gasteiger partial charge in [0.15, 0.2) is 0 Å². The summed E-state index contributed by atoms with van der Waals surface area (Å²) in [5.74, 6) is 1.57. The lowest BCUT2D eigenvalue weighted by Gasteiger charge is -2.30. The lowest BCUT2D eigenvalue weighted by Crippen LogP contribution is -2.44. The second-order valence-electron chi connectivity index (χ2n) is 5.63. The van der Waals surface area contributed by atoms with Gasteiger partial charge in [0.2, 0.25) is 0 Å². The maximum atomic E-state index is 5.39. The molecule has 0 amide bonds. The number of piperazine rings is 1. The second-order valence-corrected chi connectivity index (χ2v) is 5.63. The molecule has 1 heterocycles. The first-order valence-corrected chi connectivity index (χ1v) is 7.20. The van der Waals surface area contributed by atoms with E-state index < -0.39 is 0 Å². The van der Waals surface area contributed by atoms with Gasteiger partial charge in [-0.25, -0.2) is 0 Å². The van der Waals surface area contributed by atoms with Gasteiger partial charge in [-0.1, -0.05) is 13.0 Å². The van der Waals surface area contributed by atoms with Crippen molar-refractivity contribution in [1.82, 2.24) is 10.2 Å². The van der Waals surface area contributed by atoms with Crippen LogP contribution in [-0.4, -0.2) is 44.7 Å². The summed E-state index contributed by atoms with van der Waals surface area (Å²) in [4.78, 5) is 2.56. The Morgan fingerprint density at radius 2 is 1.89 bits per heavy atom. The van der Waals surface area contributed by atoms with Crippen LogP contribution in [0.3, 0.4) is 0 Å². The molecule has 1 N–H and O–H groups in total. The van der Waals surface area contributed by atoms with E-state index >= 15 is 0 Å². The van der Waals surface area contributed by atoms with E-state index in [1.54, 1.807) is 7.11 Å². The molecule has 106 valence electrons. The molecule has 1 saturated heterocycles. The van der Waals surface area contributed by atoms with Gasteiger partial charge in [-0.15, -0.1) is 0 Å². The van der Waals surface area contributed by atoms with E-state index in [1.807, 2.05) is 0 Å². The first-order valence-electron chi connectivity index (χ1n) is 7.20. The van der Waals surface area contributed by atoms with Crippen molar-refractivity contribution in [1.29, 1.82) is 0 Å². The van der Waals surface area contributed by atoms with E-state index in [0.29, 0.717) is 5.92 Å². The monoisotopic (exact) mass is 262 g/mol. The maximum Gasteiger partial charge on any atom is 0.122 e. The minimum atomic E-state index is 0.572. The molecule has 1 aliphatic rings. The number of nitrogens with one attached hydrogen (secondary N) is 1. The summed E-state index contributed by atoms with van der Waals surface area (Å²) in [6.07, 6.45) is 0. The Morgan fingerprint density at radius 1 is 1.21 bits per heavy atom.